The van der Waals surface area contributed by atoms with Crippen LogP contribution in [0.3, 0.4) is 0 Å². The van der Waals surface area contributed by atoms with Crippen LogP contribution < -0.4 is 10.6 Å². The molecular formula is C22H33N7. The van der Waals surface area contributed by atoms with Gasteiger partial charge in [0.1, 0.15) is 12.4 Å². The highest BCUT2D eigenvalue weighted by Gasteiger charge is 2.20. The number of likely N-dealkylation sites (tertiary alicyclic amines) is 1. The first-order valence-corrected chi connectivity index (χ1v) is 10.3. The van der Waals surface area contributed by atoms with Crippen molar-refractivity contribution in [1.82, 2.24) is 30.3 Å². The Morgan fingerprint density at radius 1 is 1.24 bits per heavy atom. The van der Waals surface area contributed by atoms with E-state index in [0.717, 1.165) is 50.1 Å². The third-order valence-corrected chi connectivity index (χ3v) is 5.56. The van der Waals surface area contributed by atoms with Crippen LogP contribution in [0.25, 0.3) is 0 Å². The van der Waals surface area contributed by atoms with Crippen LogP contribution >= 0.6 is 0 Å². The standard InChI is InChI=1S/C22H33N7/c1-5-12-23-22(24-15-21-27-26-18(3)28(21)4)25-20-10-13-29(14-11-20)16-19-9-7-6-8-17(19)2/h5-9,20H,1,10-16H2,2-4H3,(H2,23,24,25). The Bertz CT molecular complexity index is 831. The Kier molecular flexibility index (Phi) is 7.41. The molecule has 29 heavy (non-hydrogen) atoms. The van der Waals surface area contributed by atoms with Gasteiger partial charge in [-0.15, -0.1) is 16.8 Å². The van der Waals surface area contributed by atoms with E-state index in [2.05, 4.69) is 63.5 Å². The van der Waals surface area contributed by atoms with Gasteiger partial charge in [-0.3, -0.25) is 4.90 Å². The Morgan fingerprint density at radius 2 is 2.00 bits per heavy atom. The quantitative estimate of drug-likeness (QED) is 0.428. The van der Waals surface area contributed by atoms with Crippen molar-refractivity contribution in [3.63, 3.8) is 0 Å². The van der Waals surface area contributed by atoms with E-state index >= 15 is 0 Å². The molecule has 156 valence electrons. The van der Waals surface area contributed by atoms with E-state index in [0.29, 0.717) is 19.1 Å². The molecule has 1 aliphatic heterocycles. The Labute approximate surface area is 173 Å². The predicted molar refractivity (Wildman–Crippen MR) is 118 cm³/mol. The molecule has 2 aromatic rings. The number of nitrogens with one attached hydrogen (secondary N) is 2. The highest BCUT2D eigenvalue weighted by Crippen LogP contribution is 2.16. The molecule has 0 radical (unpaired) electrons. The molecule has 1 aromatic heterocycles. The lowest BCUT2D eigenvalue weighted by molar-refractivity contribution is 0.198. The van der Waals surface area contributed by atoms with E-state index in [1.54, 1.807) is 0 Å². The lowest BCUT2D eigenvalue weighted by Gasteiger charge is -2.33. The molecule has 0 aliphatic carbocycles. The molecule has 1 aromatic carbocycles. The number of aryl methyl sites for hydroxylation is 2. The summed E-state index contributed by atoms with van der Waals surface area (Å²) in [5.74, 6) is 2.56. The van der Waals surface area contributed by atoms with Gasteiger partial charge in [0.15, 0.2) is 11.8 Å². The van der Waals surface area contributed by atoms with Gasteiger partial charge in [-0.25, -0.2) is 4.99 Å². The molecular weight excluding hydrogens is 362 g/mol. The smallest absolute Gasteiger partial charge is 0.192 e. The number of hydrogen-bond acceptors (Lipinski definition) is 4. The summed E-state index contributed by atoms with van der Waals surface area (Å²) in [7, 11) is 1.97. The first kappa shape index (κ1) is 21.0. The predicted octanol–water partition coefficient (Wildman–Crippen LogP) is 2.32. The summed E-state index contributed by atoms with van der Waals surface area (Å²) >= 11 is 0. The van der Waals surface area contributed by atoms with E-state index in [4.69, 9.17) is 4.99 Å². The molecule has 0 atom stereocenters. The zero-order chi connectivity index (χ0) is 20.6. The number of piperidine rings is 1. The first-order chi connectivity index (χ1) is 14.1. The Balaban J connectivity index is 1.53. The van der Waals surface area contributed by atoms with Gasteiger partial charge in [0.2, 0.25) is 0 Å². The summed E-state index contributed by atoms with van der Waals surface area (Å²) in [6, 6.07) is 9.08. The van der Waals surface area contributed by atoms with Gasteiger partial charge in [0.25, 0.3) is 0 Å². The number of benzene rings is 1. The molecule has 0 amide bonds. The number of aromatic nitrogens is 3. The van der Waals surface area contributed by atoms with Crippen LogP contribution in [0.5, 0.6) is 0 Å². The fourth-order valence-electron chi connectivity index (χ4n) is 3.52. The summed E-state index contributed by atoms with van der Waals surface area (Å²) in [6.45, 7) is 12.3. The highest BCUT2D eigenvalue weighted by atomic mass is 15.3. The fraction of sp³-hybridized carbons (Fsp3) is 0.500. The average molecular weight is 396 g/mol. The summed E-state index contributed by atoms with van der Waals surface area (Å²) in [5.41, 5.74) is 2.79. The number of nitrogens with zero attached hydrogens (tertiary/aromatic N) is 5. The van der Waals surface area contributed by atoms with Crippen molar-refractivity contribution in [2.45, 2.75) is 45.8 Å². The molecule has 0 bridgehead atoms. The van der Waals surface area contributed by atoms with E-state index in [1.807, 2.05) is 24.6 Å². The van der Waals surface area contributed by atoms with Gasteiger partial charge < -0.3 is 15.2 Å². The number of aliphatic imine (C=N–C) groups is 1. The minimum Gasteiger partial charge on any atom is -0.354 e. The number of guanidine groups is 1. The molecule has 0 spiro atoms. The molecule has 1 fully saturated rings. The van der Waals surface area contributed by atoms with E-state index in [9.17, 15) is 0 Å². The van der Waals surface area contributed by atoms with E-state index in [-0.39, 0.29) is 0 Å². The summed E-state index contributed by atoms with van der Waals surface area (Å²) in [4.78, 5) is 7.25. The molecule has 2 heterocycles. The van der Waals surface area contributed by atoms with Crippen molar-refractivity contribution in [1.29, 1.82) is 0 Å². The van der Waals surface area contributed by atoms with Crippen LogP contribution in [-0.2, 0) is 20.1 Å². The van der Waals surface area contributed by atoms with Crippen LogP contribution in [0.2, 0.25) is 0 Å². The fourth-order valence-corrected chi connectivity index (χ4v) is 3.52. The maximum absolute atomic E-state index is 4.71. The Morgan fingerprint density at radius 3 is 2.66 bits per heavy atom. The normalized spacial score (nSPS) is 16.0. The molecule has 1 saturated heterocycles. The topological polar surface area (TPSA) is 70.4 Å². The van der Waals surface area contributed by atoms with Crippen LogP contribution in [0.1, 0.15) is 35.6 Å². The van der Waals surface area contributed by atoms with E-state index < -0.39 is 0 Å². The largest absolute Gasteiger partial charge is 0.354 e. The number of hydrogen-bond donors (Lipinski definition) is 2. The molecule has 7 nitrogen and oxygen atoms in total. The molecule has 1 aliphatic rings. The van der Waals surface area contributed by atoms with Crippen molar-refractivity contribution in [3.05, 3.63) is 59.7 Å². The minimum atomic E-state index is 0.417. The summed E-state index contributed by atoms with van der Waals surface area (Å²) in [6.07, 6.45) is 4.04. The molecule has 2 N–H and O–H groups in total. The minimum absolute atomic E-state index is 0.417. The van der Waals surface area contributed by atoms with Gasteiger partial charge in [0, 0.05) is 39.3 Å². The SMILES string of the molecule is C=CCNC(=NCc1nnc(C)n1C)NC1CCN(Cc2ccccc2C)CC1. The second kappa shape index (κ2) is 10.2. The summed E-state index contributed by atoms with van der Waals surface area (Å²) < 4.78 is 1.97. The third-order valence-electron chi connectivity index (χ3n) is 5.56. The monoisotopic (exact) mass is 395 g/mol. The maximum atomic E-state index is 4.71. The molecule has 0 saturated carbocycles. The van der Waals surface area contributed by atoms with Crippen LogP contribution in [-0.4, -0.2) is 51.3 Å². The average Bonchev–Trinajstić information content (AvgIpc) is 3.05. The Hall–Kier alpha value is -2.67. The second-order valence-corrected chi connectivity index (χ2v) is 7.68. The number of rotatable bonds is 7. The first-order valence-electron chi connectivity index (χ1n) is 10.3. The lowest BCUT2D eigenvalue weighted by atomic mass is 10.0. The molecule has 0 unspecified atom stereocenters. The highest BCUT2D eigenvalue weighted by molar-refractivity contribution is 5.80. The zero-order valence-electron chi connectivity index (χ0n) is 17.9. The van der Waals surface area contributed by atoms with Crippen molar-refractivity contribution in [2.75, 3.05) is 19.6 Å². The van der Waals surface area contributed by atoms with Crippen LogP contribution in [0, 0.1) is 13.8 Å². The zero-order valence-corrected chi connectivity index (χ0v) is 17.9. The van der Waals surface area contributed by atoms with Gasteiger partial charge >= 0.3 is 0 Å². The summed E-state index contributed by atoms with van der Waals surface area (Å²) in [5, 5.41) is 15.2. The molecule has 3 rings (SSSR count). The van der Waals surface area contributed by atoms with Gasteiger partial charge in [-0.1, -0.05) is 30.3 Å². The van der Waals surface area contributed by atoms with Gasteiger partial charge in [-0.05, 0) is 37.8 Å². The van der Waals surface area contributed by atoms with Crippen molar-refractivity contribution < 1.29 is 0 Å². The van der Waals surface area contributed by atoms with E-state index in [1.165, 1.54) is 11.1 Å². The van der Waals surface area contributed by atoms with Gasteiger partial charge in [-0.2, -0.15) is 0 Å². The molecule has 7 heteroatoms. The van der Waals surface area contributed by atoms with Crippen LogP contribution in [0.15, 0.2) is 41.9 Å². The maximum Gasteiger partial charge on any atom is 0.192 e. The van der Waals surface area contributed by atoms with Crippen molar-refractivity contribution in [3.8, 4) is 0 Å². The second-order valence-electron chi connectivity index (χ2n) is 7.68. The van der Waals surface area contributed by atoms with Crippen LogP contribution in [0.4, 0.5) is 0 Å². The lowest BCUT2D eigenvalue weighted by Crippen LogP contribution is -2.48. The van der Waals surface area contributed by atoms with Crippen molar-refractivity contribution >= 4 is 5.96 Å². The van der Waals surface area contributed by atoms with Gasteiger partial charge in [0.05, 0.1) is 0 Å². The third kappa shape index (κ3) is 5.90. The van der Waals surface area contributed by atoms with Crippen molar-refractivity contribution in [2.24, 2.45) is 12.0 Å².